The molecule has 1 N–H and O–H groups in total. The van der Waals surface area contributed by atoms with Gasteiger partial charge in [-0.3, -0.25) is 9.36 Å². The lowest BCUT2D eigenvalue weighted by atomic mass is 10.1. The molecule has 1 aromatic heterocycles. The molecule has 134 valence electrons. The van der Waals surface area contributed by atoms with Crippen molar-refractivity contribution in [3.8, 4) is 11.4 Å². The standard InChI is InChI=1S/C19H16F2N2O3/c20-16-8-13(6-7-18(24)25)9-17(21)19(16)26-11-15-10-22-12-23(15)14-4-2-1-3-5-14/h1-5,8-10,12H,6-7,11H2,(H,24,25). The fourth-order valence-corrected chi connectivity index (χ4v) is 2.54. The van der Waals surface area contributed by atoms with E-state index in [1.54, 1.807) is 17.1 Å². The summed E-state index contributed by atoms with van der Waals surface area (Å²) in [6.45, 7) is -0.0722. The van der Waals surface area contributed by atoms with Crippen LogP contribution in [-0.4, -0.2) is 20.6 Å². The second-order valence-electron chi connectivity index (χ2n) is 5.66. The minimum atomic E-state index is -1.03. The minimum Gasteiger partial charge on any atom is -0.481 e. The number of hydrogen-bond acceptors (Lipinski definition) is 3. The average Bonchev–Trinajstić information content (AvgIpc) is 3.08. The topological polar surface area (TPSA) is 64.3 Å². The maximum Gasteiger partial charge on any atom is 0.303 e. The van der Waals surface area contributed by atoms with Gasteiger partial charge in [0, 0.05) is 12.1 Å². The average molecular weight is 358 g/mol. The fourth-order valence-electron chi connectivity index (χ4n) is 2.54. The Morgan fingerprint density at radius 2 is 1.85 bits per heavy atom. The van der Waals surface area contributed by atoms with Crippen LogP contribution in [0.4, 0.5) is 8.78 Å². The van der Waals surface area contributed by atoms with Gasteiger partial charge < -0.3 is 9.84 Å². The van der Waals surface area contributed by atoms with E-state index in [9.17, 15) is 13.6 Å². The Morgan fingerprint density at radius 1 is 1.15 bits per heavy atom. The largest absolute Gasteiger partial charge is 0.481 e. The van der Waals surface area contributed by atoms with E-state index in [2.05, 4.69) is 4.98 Å². The van der Waals surface area contributed by atoms with E-state index in [0.29, 0.717) is 5.69 Å². The van der Waals surface area contributed by atoms with Crippen LogP contribution in [0.5, 0.6) is 5.75 Å². The summed E-state index contributed by atoms with van der Waals surface area (Å²) in [6.07, 6.45) is 3.00. The SMILES string of the molecule is O=C(O)CCc1cc(F)c(OCc2cncn2-c2ccccc2)c(F)c1. The second kappa shape index (κ2) is 7.77. The summed E-state index contributed by atoms with van der Waals surface area (Å²) in [5.74, 6) is -3.25. The van der Waals surface area contributed by atoms with Crippen molar-refractivity contribution in [1.29, 1.82) is 0 Å². The summed E-state index contributed by atoms with van der Waals surface area (Å²) in [4.78, 5) is 14.6. The number of aryl methyl sites for hydroxylation is 1. The summed E-state index contributed by atoms with van der Waals surface area (Å²) in [6, 6.07) is 11.6. The number of ether oxygens (including phenoxy) is 1. The molecular weight excluding hydrogens is 342 g/mol. The van der Waals surface area contributed by atoms with Crippen molar-refractivity contribution in [3.63, 3.8) is 0 Å². The maximum absolute atomic E-state index is 14.2. The zero-order chi connectivity index (χ0) is 18.5. The van der Waals surface area contributed by atoms with Crippen molar-refractivity contribution in [1.82, 2.24) is 9.55 Å². The Kier molecular flexibility index (Phi) is 5.26. The molecule has 0 atom stereocenters. The molecule has 0 aliphatic carbocycles. The van der Waals surface area contributed by atoms with Crippen LogP contribution in [0.25, 0.3) is 5.69 Å². The molecule has 0 unspecified atom stereocenters. The molecule has 5 nitrogen and oxygen atoms in total. The van der Waals surface area contributed by atoms with Crippen LogP contribution in [0, 0.1) is 11.6 Å². The normalized spacial score (nSPS) is 10.7. The third-order valence-corrected chi connectivity index (χ3v) is 3.80. The molecule has 7 heteroatoms. The summed E-state index contributed by atoms with van der Waals surface area (Å²) >= 11 is 0. The molecule has 0 bridgehead atoms. The van der Waals surface area contributed by atoms with Gasteiger partial charge in [-0.05, 0) is 36.2 Å². The number of nitrogens with zero attached hydrogens (tertiary/aromatic N) is 2. The van der Waals surface area contributed by atoms with Gasteiger partial charge in [0.25, 0.3) is 0 Å². The maximum atomic E-state index is 14.2. The van der Waals surface area contributed by atoms with E-state index in [0.717, 1.165) is 17.8 Å². The molecule has 0 amide bonds. The van der Waals surface area contributed by atoms with Crippen LogP contribution in [0.15, 0.2) is 55.0 Å². The highest BCUT2D eigenvalue weighted by atomic mass is 19.1. The highest BCUT2D eigenvalue weighted by Crippen LogP contribution is 2.25. The number of aromatic nitrogens is 2. The molecular formula is C19H16F2N2O3. The van der Waals surface area contributed by atoms with Crippen LogP contribution in [0.2, 0.25) is 0 Å². The molecule has 3 rings (SSSR count). The first-order valence-electron chi connectivity index (χ1n) is 7.94. The van der Waals surface area contributed by atoms with Crippen molar-refractivity contribution in [2.75, 3.05) is 0 Å². The predicted molar refractivity (Wildman–Crippen MR) is 90.2 cm³/mol. The Balaban J connectivity index is 1.75. The highest BCUT2D eigenvalue weighted by Gasteiger charge is 2.15. The lowest BCUT2D eigenvalue weighted by molar-refractivity contribution is -0.136. The Hall–Kier alpha value is -3.22. The number of carboxylic acids is 1. The molecule has 0 aliphatic rings. The molecule has 0 radical (unpaired) electrons. The third-order valence-electron chi connectivity index (χ3n) is 3.80. The lowest BCUT2D eigenvalue weighted by Crippen LogP contribution is -2.06. The molecule has 26 heavy (non-hydrogen) atoms. The Labute approximate surface area is 148 Å². The van der Waals surface area contributed by atoms with Crippen molar-refractivity contribution < 1.29 is 23.4 Å². The number of carbonyl (C=O) groups is 1. The minimum absolute atomic E-state index is 0.0459. The predicted octanol–water partition coefficient (Wildman–Crippen LogP) is 3.75. The van der Waals surface area contributed by atoms with E-state index in [-0.39, 0.29) is 25.0 Å². The zero-order valence-electron chi connectivity index (χ0n) is 13.7. The van der Waals surface area contributed by atoms with Crippen LogP contribution >= 0.6 is 0 Å². The molecule has 3 aromatic rings. The molecule has 1 heterocycles. The van der Waals surface area contributed by atoms with Crippen LogP contribution < -0.4 is 4.74 Å². The number of imidazole rings is 1. The second-order valence-corrected chi connectivity index (χ2v) is 5.66. The van der Waals surface area contributed by atoms with Gasteiger partial charge in [0.1, 0.15) is 6.61 Å². The fraction of sp³-hybridized carbons (Fsp3) is 0.158. The summed E-state index contributed by atoms with van der Waals surface area (Å²) in [5.41, 5.74) is 1.75. The molecule has 0 aliphatic heterocycles. The molecule has 0 fully saturated rings. The van der Waals surface area contributed by atoms with Crippen molar-refractivity contribution in [3.05, 3.63) is 77.9 Å². The number of halogens is 2. The number of benzene rings is 2. The van der Waals surface area contributed by atoms with E-state index in [4.69, 9.17) is 9.84 Å². The van der Waals surface area contributed by atoms with Crippen molar-refractivity contribution in [2.45, 2.75) is 19.4 Å². The van der Waals surface area contributed by atoms with Gasteiger partial charge in [0.15, 0.2) is 17.4 Å². The summed E-state index contributed by atoms with van der Waals surface area (Å²) in [5, 5.41) is 8.66. The third kappa shape index (κ3) is 4.05. The Morgan fingerprint density at radius 3 is 2.50 bits per heavy atom. The number of aliphatic carboxylic acids is 1. The van der Waals surface area contributed by atoms with Gasteiger partial charge >= 0.3 is 5.97 Å². The smallest absolute Gasteiger partial charge is 0.303 e. The van der Waals surface area contributed by atoms with Gasteiger partial charge in [-0.15, -0.1) is 0 Å². The van der Waals surface area contributed by atoms with Gasteiger partial charge in [-0.2, -0.15) is 0 Å². The number of hydrogen-bond donors (Lipinski definition) is 1. The van der Waals surface area contributed by atoms with E-state index < -0.39 is 23.4 Å². The number of para-hydroxylation sites is 1. The number of carboxylic acid groups (broad SMARTS) is 1. The highest BCUT2D eigenvalue weighted by molar-refractivity contribution is 5.67. The number of rotatable bonds is 7. The first-order valence-corrected chi connectivity index (χ1v) is 7.94. The molecule has 0 spiro atoms. The molecule has 2 aromatic carbocycles. The van der Waals surface area contributed by atoms with Gasteiger partial charge in [0.05, 0.1) is 18.2 Å². The monoisotopic (exact) mass is 358 g/mol. The molecule has 0 saturated heterocycles. The first kappa shape index (κ1) is 17.6. The van der Waals surface area contributed by atoms with Crippen molar-refractivity contribution >= 4 is 5.97 Å². The van der Waals surface area contributed by atoms with E-state index in [1.165, 1.54) is 0 Å². The van der Waals surface area contributed by atoms with Crippen LogP contribution in [0.3, 0.4) is 0 Å². The lowest BCUT2D eigenvalue weighted by Gasteiger charge is -2.12. The summed E-state index contributed by atoms with van der Waals surface area (Å²) in [7, 11) is 0. The van der Waals surface area contributed by atoms with Gasteiger partial charge in [-0.1, -0.05) is 18.2 Å². The van der Waals surface area contributed by atoms with E-state index in [1.807, 2.05) is 30.3 Å². The van der Waals surface area contributed by atoms with Crippen LogP contribution in [0.1, 0.15) is 17.7 Å². The van der Waals surface area contributed by atoms with Crippen LogP contribution in [-0.2, 0) is 17.8 Å². The first-order chi connectivity index (χ1) is 12.5. The van der Waals surface area contributed by atoms with Gasteiger partial charge in [0.2, 0.25) is 0 Å². The van der Waals surface area contributed by atoms with Gasteiger partial charge in [-0.25, -0.2) is 13.8 Å². The zero-order valence-corrected chi connectivity index (χ0v) is 13.7. The van der Waals surface area contributed by atoms with E-state index >= 15 is 0 Å². The molecule has 0 saturated carbocycles. The van der Waals surface area contributed by atoms with Crippen molar-refractivity contribution in [2.24, 2.45) is 0 Å². The Bertz CT molecular complexity index is 887. The summed E-state index contributed by atoms with van der Waals surface area (Å²) < 4.78 is 35.4. The quantitative estimate of drug-likeness (QED) is 0.699.